The highest BCUT2D eigenvalue weighted by atomic mass is 31.2. The van der Waals surface area contributed by atoms with Crippen LogP contribution in [0.3, 0.4) is 0 Å². The van der Waals surface area contributed by atoms with Gasteiger partial charge in [-0.1, -0.05) is 51.0 Å². The summed E-state index contributed by atoms with van der Waals surface area (Å²) in [7, 11) is 0.927. The van der Waals surface area contributed by atoms with Crippen LogP contribution < -0.4 is 4.89 Å². The normalized spacial score (nSPS) is 35.0. The highest BCUT2D eigenvalue weighted by Gasteiger charge is 2.50. The molecule has 230 valence electrons. The van der Waals surface area contributed by atoms with Gasteiger partial charge in [-0.25, -0.2) is 0 Å². The maximum atomic E-state index is 11.7. The number of phosphoric acid groups is 1. The van der Waals surface area contributed by atoms with Crippen molar-refractivity contribution in [2.75, 3.05) is 27.7 Å². The average Bonchev–Trinajstić information content (AvgIpc) is 3.14. The number of quaternary nitrogens is 1. The van der Waals surface area contributed by atoms with Gasteiger partial charge >= 0.3 is 0 Å². The molecule has 0 aromatic heterocycles. The maximum absolute atomic E-state index is 11.7. The molecule has 0 aromatic rings. The van der Waals surface area contributed by atoms with Gasteiger partial charge in [0.1, 0.15) is 12.6 Å². The minimum atomic E-state index is -4.92. The van der Waals surface area contributed by atoms with E-state index in [1.807, 2.05) is 35.0 Å². The van der Waals surface area contributed by atoms with Gasteiger partial charge in [0.2, 0.25) is 0 Å². The van der Waals surface area contributed by atoms with Crippen LogP contribution >= 0.6 is 7.82 Å². The van der Waals surface area contributed by atoms with Gasteiger partial charge < -0.3 is 29.0 Å². The zero-order valence-corrected chi connectivity index (χ0v) is 27.0. The molecule has 0 heterocycles. The van der Waals surface area contributed by atoms with E-state index in [0.29, 0.717) is 47.2 Å². The molecule has 0 saturated heterocycles. The number of fused-ring (bicyclic) bond motifs is 1. The van der Waals surface area contributed by atoms with Gasteiger partial charge in [-0.3, -0.25) is 4.57 Å². The number of phosphoric ester groups is 1. The van der Waals surface area contributed by atoms with E-state index in [0.717, 1.165) is 31.3 Å². The Morgan fingerprint density at radius 3 is 2.55 bits per heavy atom. The Balaban J connectivity index is 1.78. The predicted octanol–water partition coefficient (Wildman–Crippen LogP) is 5.51. The molecule has 0 aliphatic heterocycles. The van der Waals surface area contributed by atoms with E-state index in [9.17, 15) is 24.6 Å². The molecule has 3 rings (SSSR count). The van der Waals surface area contributed by atoms with Crippen molar-refractivity contribution in [1.29, 1.82) is 0 Å². The first-order valence-electron chi connectivity index (χ1n) is 15.3. The largest absolute Gasteiger partial charge is 0.756 e. The van der Waals surface area contributed by atoms with Crippen LogP contribution in [0.2, 0.25) is 0 Å². The van der Waals surface area contributed by atoms with Crippen molar-refractivity contribution >= 4 is 7.82 Å². The molecule has 0 amide bonds. The van der Waals surface area contributed by atoms with Crippen LogP contribution in [0.5, 0.6) is 0 Å². The van der Waals surface area contributed by atoms with E-state index in [-0.39, 0.29) is 11.3 Å². The van der Waals surface area contributed by atoms with E-state index in [4.69, 9.17) is 4.52 Å². The minimum absolute atomic E-state index is 0.255. The van der Waals surface area contributed by atoms with Gasteiger partial charge in [-0.15, -0.1) is 0 Å². The van der Waals surface area contributed by atoms with Crippen molar-refractivity contribution in [2.45, 2.75) is 110 Å². The summed E-state index contributed by atoms with van der Waals surface area (Å²) in [6.45, 7) is 13.2. The average molecular weight is 582 g/mol. The third-order valence-corrected chi connectivity index (χ3v) is 10.6. The molecule has 4 unspecified atom stereocenters. The Hall–Kier alpha value is -0.790. The molecule has 3 saturated carbocycles. The molecule has 3 aliphatic rings. The highest BCUT2D eigenvalue weighted by Crippen LogP contribution is 2.60. The summed E-state index contributed by atoms with van der Waals surface area (Å²) in [6, 6.07) is 0. The number of hydrogen-bond acceptors (Lipinski definition) is 5. The minimum Gasteiger partial charge on any atom is -0.756 e. The molecule has 0 bridgehead atoms. The lowest BCUT2D eigenvalue weighted by atomic mass is 9.60. The molecule has 8 heteroatoms. The molecule has 8 atom stereocenters. The summed E-state index contributed by atoms with van der Waals surface area (Å²) < 4.78 is 17.3. The van der Waals surface area contributed by atoms with E-state index >= 15 is 0 Å². The molecule has 0 aromatic carbocycles. The van der Waals surface area contributed by atoms with E-state index in [1.165, 1.54) is 31.3 Å². The Bertz CT molecular complexity index is 1000. The summed E-state index contributed by atoms with van der Waals surface area (Å²) in [5, 5.41) is 21.0. The quantitative estimate of drug-likeness (QED) is 0.219. The number of aliphatic hydroxyl groups excluding tert-OH is 1. The topological polar surface area (TPSA) is 110 Å². The molecule has 0 radical (unpaired) electrons. The summed E-state index contributed by atoms with van der Waals surface area (Å²) in [5.41, 5.74) is 2.79. The van der Waals surface area contributed by atoms with Gasteiger partial charge in [-0.05, 0) is 105 Å². The van der Waals surface area contributed by atoms with Crippen molar-refractivity contribution < 1.29 is 33.6 Å². The first kappa shape index (κ1) is 33.7. The summed E-state index contributed by atoms with van der Waals surface area (Å²) in [5.74, 6) is 1.61. The molecule has 40 heavy (non-hydrogen) atoms. The molecule has 3 N–H and O–H groups in total. The van der Waals surface area contributed by atoms with Crippen LogP contribution in [0.15, 0.2) is 35.5 Å². The van der Waals surface area contributed by atoms with Gasteiger partial charge in [-0.2, -0.15) is 0 Å². The highest BCUT2D eigenvalue weighted by molar-refractivity contribution is 7.44. The zero-order valence-electron chi connectivity index (χ0n) is 26.1. The lowest BCUT2D eigenvalue weighted by molar-refractivity contribution is -0.873. The summed E-state index contributed by atoms with van der Waals surface area (Å²) in [6.07, 6.45) is 12.8. The Kier molecular flexibility index (Phi) is 10.8. The predicted molar refractivity (Wildman–Crippen MR) is 159 cm³/mol. The van der Waals surface area contributed by atoms with Gasteiger partial charge in [0.15, 0.2) is 0 Å². The number of nitrogens with zero attached hydrogens (tertiary/aromatic N) is 1. The fourth-order valence-electron chi connectivity index (χ4n) is 8.06. The third kappa shape index (κ3) is 9.10. The van der Waals surface area contributed by atoms with Crippen LogP contribution in [0.25, 0.3) is 0 Å². The molecule has 7 nitrogen and oxygen atoms in total. The lowest BCUT2D eigenvalue weighted by Crippen LogP contribution is -2.47. The molecule has 0 spiro atoms. The Morgan fingerprint density at radius 2 is 1.95 bits per heavy atom. The van der Waals surface area contributed by atoms with Crippen molar-refractivity contribution in [2.24, 2.45) is 29.1 Å². The first-order chi connectivity index (χ1) is 18.3. The molecular formula is C32H56NO6P. The van der Waals surface area contributed by atoms with E-state index < -0.39 is 25.6 Å². The van der Waals surface area contributed by atoms with Gasteiger partial charge in [0.05, 0.1) is 32.8 Å². The van der Waals surface area contributed by atoms with Crippen LogP contribution in [0.4, 0.5) is 0 Å². The lowest BCUT2D eigenvalue weighted by Gasteiger charge is -2.44. The van der Waals surface area contributed by atoms with Crippen molar-refractivity contribution in [3.8, 4) is 0 Å². The fourth-order valence-corrected chi connectivity index (χ4v) is 8.64. The number of hydrogen-bond donors (Lipinski definition) is 3. The van der Waals surface area contributed by atoms with E-state index in [2.05, 4.69) is 32.6 Å². The molecule has 3 aliphatic carbocycles. The standard InChI is InChI=1S/C32H56NO6P/c1-22(11-9-17-31(3,4)35)27-15-16-28-24(12-10-18-32(27,28)5)13-14-25-19-26(20-29(34)23(25)2)30(21-33(6,7)8)39-40(36,37)38/h13-14,22,26-30,34-35H,2,9-12,15-21H2,1,3-8H3,(H-,36,37,38)/b24-13+,25-14-/t22-,26?,27-,28+,29?,30?,32-/m1/s1. The van der Waals surface area contributed by atoms with Crippen LogP contribution in [-0.2, 0) is 9.09 Å². The van der Waals surface area contributed by atoms with Crippen LogP contribution in [-0.4, -0.2) is 65.1 Å². The number of likely N-dealkylation sites (N-methyl/N-ethyl adjacent to an activating group) is 1. The maximum Gasteiger partial charge on any atom is 0.265 e. The van der Waals surface area contributed by atoms with Crippen molar-refractivity contribution in [3.05, 3.63) is 35.5 Å². The van der Waals surface area contributed by atoms with E-state index in [1.54, 1.807) is 0 Å². The smallest absolute Gasteiger partial charge is 0.265 e. The van der Waals surface area contributed by atoms with Crippen molar-refractivity contribution in [1.82, 2.24) is 0 Å². The second-order valence-electron chi connectivity index (χ2n) is 15.0. The number of rotatable bonds is 11. The number of allylic oxidation sites excluding steroid dienone is 3. The van der Waals surface area contributed by atoms with Crippen LogP contribution in [0.1, 0.15) is 91.9 Å². The molecule has 3 fully saturated rings. The molecular weight excluding hydrogens is 525 g/mol. The zero-order chi connectivity index (χ0) is 30.1. The second-order valence-corrected chi connectivity index (χ2v) is 16.2. The van der Waals surface area contributed by atoms with Gasteiger partial charge in [0.25, 0.3) is 7.82 Å². The van der Waals surface area contributed by atoms with Crippen LogP contribution in [0, 0.1) is 29.1 Å². The first-order valence-corrected chi connectivity index (χ1v) is 16.8. The van der Waals surface area contributed by atoms with Gasteiger partial charge in [0, 0.05) is 0 Å². The fraction of sp³-hybridized carbons (Fsp3) is 0.812. The summed E-state index contributed by atoms with van der Waals surface area (Å²) in [4.78, 5) is 21.2. The second kappa shape index (κ2) is 12.8. The number of aliphatic hydroxyl groups is 2. The Labute approximate surface area is 243 Å². The van der Waals surface area contributed by atoms with Crippen molar-refractivity contribution in [3.63, 3.8) is 0 Å². The monoisotopic (exact) mass is 581 g/mol. The third-order valence-electron chi connectivity index (χ3n) is 10.0. The SMILES string of the molecule is C=C1/C(=C\C=C2/CCC[C@]3(C)[C@@H]([C@H](C)CCCC(C)(C)O)CC[C@@H]23)CC(C(C[N+](C)(C)C)OP(=O)([O-])O)CC1O. The Morgan fingerprint density at radius 1 is 1.27 bits per heavy atom. The summed E-state index contributed by atoms with van der Waals surface area (Å²) >= 11 is 0.